The number of sulfonamides is 1. The van der Waals surface area contributed by atoms with Crippen LogP contribution < -0.4 is 10.6 Å². The Hall–Kier alpha value is -2.13. The number of hydrogen-bond donors (Lipinski definition) is 2. The molecule has 30 heavy (non-hydrogen) atoms. The number of nitrogens with one attached hydrogen (secondary N) is 2. The van der Waals surface area contributed by atoms with E-state index in [4.69, 9.17) is 4.74 Å². The molecule has 1 unspecified atom stereocenters. The van der Waals surface area contributed by atoms with E-state index >= 15 is 0 Å². The van der Waals surface area contributed by atoms with E-state index in [0.717, 1.165) is 5.56 Å². The Morgan fingerprint density at radius 3 is 2.30 bits per heavy atom. The van der Waals surface area contributed by atoms with Crippen LogP contribution in [0.4, 0.5) is 4.79 Å². The molecule has 2 rings (SSSR count). The molecular weight excluding hydrogens is 406 g/mol. The highest BCUT2D eigenvalue weighted by molar-refractivity contribution is 7.88. The molecular formula is C21H33N3O5S. The predicted octanol–water partition coefficient (Wildman–Crippen LogP) is 1.91. The Morgan fingerprint density at radius 2 is 1.77 bits per heavy atom. The third-order valence-corrected chi connectivity index (χ3v) is 6.20. The minimum Gasteiger partial charge on any atom is -0.444 e. The first-order valence-corrected chi connectivity index (χ1v) is 12.0. The SMILES string of the molecule is CC(C)(C)OC(=O)NC(Cc1ccccc1)C(=O)NCC1CCN(S(C)(=O)=O)CC1. The molecule has 1 atom stereocenters. The normalized spacial score (nSPS) is 17.2. The summed E-state index contributed by atoms with van der Waals surface area (Å²) in [6.45, 7) is 6.66. The predicted molar refractivity (Wildman–Crippen MR) is 115 cm³/mol. The number of nitrogens with zero attached hydrogens (tertiary/aromatic N) is 1. The number of amides is 2. The minimum absolute atomic E-state index is 0.200. The number of rotatable bonds is 7. The zero-order valence-electron chi connectivity index (χ0n) is 18.2. The van der Waals surface area contributed by atoms with Gasteiger partial charge in [0.15, 0.2) is 0 Å². The number of benzene rings is 1. The molecule has 0 radical (unpaired) electrons. The molecule has 1 heterocycles. The lowest BCUT2D eigenvalue weighted by Crippen LogP contribution is -2.50. The first-order chi connectivity index (χ1) is 13.9. The third-order valence-electron chi connectivity index (χ3n) is 4.90. The summed E-state index contributed by atoms with van der Waals surface area (Å²) < 4.78 is 30.0. The zero-order chi connectivity index (χ0) is 22.4. The van der Waals surface area contributed by atoms with Crippen molar-refractivity contribution in [3.05, 3.63) is 35.9 Å². The average Bonchev–Trinajstić information content (AvgIpc) is 2.64. The number of carbonyl (C=O) groups is 2. The molecule has 1 saturated heterocycles. The molecule has 0 spiro atoms. The van der Waals surface area contributed by atoms with Crippen LogP contribution in [0.2, 0.25) is 0 Å². The van der Waals surface area contributed by atoms with Crippen molar-refractivity contribution >= 4 is 22.0 Å². The highest BCUT2D eigenvalue weighted by Gasteiger charge is 2.28. The summed E-state index contributed by atoms with van der Waals surface area (Å²) in [7, 11) is -3.17. The van der Waals surface area contributed by atoms with Crippen molar-refractivity contribution in [1.29, 1.82) is 0 Å². The summed E-state index contributed by atoms with van der Waals surface area (Å²) in [6, 6.07) is 8.69. The van der Waals surface area contributed by atoms with Crippen LogP contribution >= 0.6 is 0 Å². The summed E-state index contributed by atoms with van der Waals surface area (Å²) in [6.07, 6.45) is 2.30. The van der Waals surface area contributed by atoms with Crippen molar-refractivity contribution in [2.24, 2.45) is 5.92 Å². The van der Waals surface area contributed by atoms with Crippen LogP contribution in [0, 0.1) is 5.92 Å². The molecule has 1 aromatic rings. The second kappa shape index (κ2) is 10.3. The Balaban J connectivity index is 1.94. The van der Waals surface area contributed by atoms with Crippen LogP contribution in [-0.4, -0.2) is 62.3 Å². The molecule has 1 aromatic carbocycles. The standard InChI is InChI=1S/C21H33N3O5S/c1-21(2,3)29-20(26)23-18(14-16-8-6-5-7-9-16)19(25)22-15-17-10-12-24(13-11-17)30(4,27)28/h5-9,17-18H,10-15H2,1-4H3,(H,22,25)(H,23,26). The Kier molecular flexibility index (Phi) is 8.25. The van der Waals surface area contributed by atoms with Crippen molar-refractivity contribution in [3.63, 3.8) is 0 Å². The zero-order valence-corrected chi connectivity index (χ0v) is 19.0. The van der Waals surface area contributed by atoms with Crippen LogP contribution in [0.3, 0.4) is 0 Å². The quantitative estimate of drug-likeness (QED) is 0.675. The van der Waals surface area contributed by atoms with Crippen molar-refractivity contribution in [2.45, 2.75) is 51.7 Å². The average molecular weight is 440 g/mol. The molecule has 8 nitrogen and oxygen atoms in total. The third kappa shape index (κ3) is 8.31. The van der Waals surface area contributed by atoms with E-state index in [9.17, 15) is 18.0 Å². The molecule has 2 N–H and O–H groups in total. The Morgan fingerprint density at radius 1 is 1.17 bits per heavy atom. The van der Waals surface area contributed by atoms with E-state index in [-0.39, 0.29) is 11.8 Å². The smallest absolute Gasteiger partial charge is 0.408 e. The summed E-state index contributed by atoms with van der Waals surface area (Å²) in [4.78, 5) is 25.1. The van der Waals surface area contributed by atoms with Crippen molar-refractivity contribution in [2.75, 3.05) is 25.9 Å². The molecule has 9 heteroatoms. The van der Waals surface area contributed by atoms with Crippen molar-refractivity contribution in [1.82, 2.24) is 14.9 Å². The summed E-state index contributed by atoms with van der Waals surface area (Å²) in [5.74, 6) is -0.0823. The number of alkyl carbamates (subject to hydrolysis) is 1. The Bertz CT molecular complexity index is 813. The highest BCUT2D eigenvalue weighted by Crippen LogP contribution is 2.18. The van der Waals surface area contributed by atoms with Crippen molar-refractivity contribution < 1.29 is 22.7 Å². The largest absolute Gasteiger partial charge is 0.444 e. The van der Waals surface area contributed by atoms with Gasteiger partial charge in [-0.25, -0.2) is 17.5 Å². The van der Waals surface area contributed by atoms with Crippen LogP contribution in [0.1, 0.15) is 39.2 Å². The number of hydrogen-bond acceptors (Lipinski definition) is 5. The van der Waals surface area contributed by atoms with Crippen LogP contribution in [0.5, 0.6) is 0 Å². The lowest BCUT2D eigenvalue weighted by Gasteiger charge is -2.30. The summed E-state index contributed by atoms with van der Waals surface area (Å²) in [5.41, 5.74) is 0.265. The molecule has 2 amide bonds. The van der Waals surface area contributed by atoms with E-state index in [2.05, 4.69) is 10.6 Å². The van der Waals surface area contributed by atoms with Gasteiger partial charge in [0.05, 0.1) is 6.26 Å². The summed E-state index contributed by atoms with van der Waals surface area (Å²) in [5, 5.41) is 5.59. The highest BCUT2D eigenvalue weighted by atomic mass is 32.2. The van der Waals surface area contributed by atoms with Crippen LogP contribution in [0.15, 0.2) is 30.3 Å². The van der Waals surface area contributed by atoms with Gasteiger partial charge < -0.3 is 15.4 Å². The second-order valence-corrected chi connectivity index (χ2v) is 10.7. The first kappa shape index (κ1) is 24.1. The van der Waals surface area contributed by atoms with Gasteiger partial charge in [-0.3, -0.25) is 4.79 Å². The van der Waals surface area contributed by atoms with Gasteiger partial charge in [0, 0.05) is 26.1 Å². The van der Waals surface area contributed by atoms with E-state index in [1.165, 1.54) is 10.6 Å². The molecule has 0 bridgehead atoms. The minimum atomic E-state index is -3.17. The topological polar surface area (TPSA) is 105 Å². The Labute approximate surface area is 179 Å². The molecule has 1 aliphatic heterocycles. The monoisotopic (exact) mass is 439 g/mol. The van der Waals surface area contributed by atoms with E-state index in [1.807, 2.05) is 30.3 Å². The van der Waals surface area contributed by atoms with Gasteiger partial charge in [0.25, 0.3) is 0 Å². The molecule has 168 valence electrons. The van der Waals surface area contributed by atoms with Crippen LogP contribution in [0.25, 0.3) is 0 Å². The number of carbonyl (C=O) groups excluding carboxylic acids is 2. The van der Waals surface area contributed by atoms with Gasteiger partial charge in [-0.2, -0.15) is 0 Å². The lowest BCUT2D eigenvalue weighted by molar-refractivity contribution is -0.123. The summed E-state index contributed by atoms with van der Waals surface area (Å²) >= 11 is 0. The second-order valence-electron chi connectivity index (χ2n) is 8.74. The maximum absolute atomic E-state index is 12.8. The maximum Gasteiger partial charge on any atom is 0.408 e. The van der Waals surface area contributed by atoms with Crippen LogP contribution in [-0.2, 0) is 26.0 Å². The van der Waals surface area contributed by atoms with Gasteiger partial charge in [0.2, 0.25) is 15.9 Å². The van der Waals surface area contributed by atoms with Gasteiger partial charge in [-0.15, -0.1) is 0 Å². The van der Waals surface area contributed by atoms with Gasteiger partial charge >= 0.3 is 6.09 Å². The fourth-order valence-corrected chi connectivity index (χ4v) is 4.20. The maximum atomic E-state index is 12.8. The molecule has 1 fully saturated rings. The van der Waals surface area contributed by atoms with Gasteiger partial charge in [-0.1, -0.05) is 30.3 Å². The fourth-order valence-electron chi connectivity index (χ4n) is 3.32. The van der Waals surface area contributed by atoms with Crippen molar-refractivity contribution in [3.8, 4) is 0 Å². The molecule has 0 aliphatic carbocycles. The van der Waals surface area contributed by atoms with Gasteiger partial charge in [0.1, 0.15) is 11.6 Å². The molecule has 0 aromatic heterocycles. The lowest BCUT2D eigenvalue weighted by atomic mass is 9.98. The molecule has 1 aliphatic rings. The number of piperidine rings is 1. The van der Waals surface area contributed by atoms with Gasteiger partial charge in [-0.05, 0) is 45.1 Å². The first-order valence-electron chi connectivity index (χ1n) is 10.2. The molecule has 0 saturated carbocycles. The van der Waals surface area contributed by atoms with E-state index in [0.29, 0.717) is 38.9 Å². The fraction of sp³-hybridized carbons (Fsp3) is 0.619. The van der Waals surface area contributed by atoms with E-state index in [1.54, 1.807) is 20.8 Å². The number of ether oxygens (including phenoxy) is 1. The van der Waals surface area contributed by atoms with E-state index < -0.39 is 27.8 Å².